The van der Waals surface area contributed by atoms with Crippen LogP contribution in [-0.4, -0.2) is 12.5 Å². The lowest BCUT2D eigenvalue weighted by atomic mass is 10.2. The molecule has 0 aliphatic rings. The molecule has 15 heavy (non-hydrogen) atoms. The number of hydrogen-bond donors (Lipinski definition) is 1. The first-order valence-corrected chi connectivity index (χ1v) is 5.17. The molecule has 1 N–H and O–H groups in total. The zero-order chi connectivity index (χ0) is 11.4. The van der Waals surface area contributed by atoms with E-state index in [1.807, 2.05) is 6.92 Å². The van der Waals surface area contributed by atoms with Gasteiger partial charge in [-0.15, -0.1) is 0 Å². The van der Waals surface area contributed by atoms with Gasteiger partial charge in [0.15, 0.2) is 0 Å². The normalized spacial score (nSPS) is 9.80. The summed E-state index contributed by atoms with van der Waals surface area (Å²) in [6, 6.07) is 4.25. The Morgan fingerprint density at radius 1 is 1.60 bits per heavy atom. The molecule has 1 aromatic carbocycles. The molecular formula is C11H11BrFNO. The Labute approximate surface area is 96.3 Å². The molecular weight excluding hydrogens is 261 g/mol. The topological polar surface area (TPSA) is 29.1 Å². The smallest absolute Gasteiger partial charge is 0.251 e. The second-order valence-electron chi connectivity index (χ2n) is 3.27. The molecule has 1 aromatic rings. The summed E-state index contributed by atoms with van der Waals surface area (Å²) in [4.78, 5) is 11.5. The van der Waals surface area contributed by atoms with Crippen LogP contribution in [0.2, 0.25) is 0 Å². The van der Waals surface area contributed by atoms with E-state index in [4.69, 9.17) is 0 Å². The molecule has 0 saturated carbocycles. The van der Waals surface area contributed by atoms with Gasteiger partial charge in [0.2, 0.25) is 0 Å². The standard InChI is InChI=1S/C11H11BrFNO/c1-7(2)6-14-11(15)8-3-4-9(12)10(13)5-8/h3-5H,1,6H2,2H3,(H,14,15). The van der Waals surface area contributed by atoms with Crippen molar-refractivity contribution in [3.63, 3.8) is 0 Å². The molecule has 0 atom stereocenters. The molecule has 0 aliphatic carbocycles. The highest BCUT2D eigenvalue weighted by Gasteiger charge is 2.07. The van der Waals surface area contributed by atoms with Gasteiger partial charge in [-0.05, 0) is 41.1 Å². The Balaban J connectivity index is 2.74. The van der Waals surface area contributed by atoms with Crippen molar-refractivity contribution in [3.05, 3.63) is 46.2 Å². The quantitative estimate of drug-likeness (QED) is 0.842. The van der Waals surface area contributed by atoms with Crippen molar-refractivity contribution in [1.82, 2.24) is 5.32 Å². The van der Waals surface area contributed by atoms with Crippen LogP contribution in [-0.2, 0) is 0 Å². The molecule has 2 nitrogen and oxygen atoms in total. The summed E-state index contributed by atoms with van der Waals surface area (Å²) in [5.74, 6) is -0.748. The van der Waals surface area contributed by atoms with Crippen molar-refractivity contribution < 1.29 is 9.18 Å². The average molecular weight is 272 g/mol. The predicted molar refractivity (Wildman–Crippen MR) is 61.2 cm³/mol. The van der Waals surface area contributed by atoms with Crippen molar-refractivity contribution in [2.24, 2.45) is 0 Å². The SMILES string of the molecule is C=C(C)CNC(=O)c1ccc(Br)c(F)c1. The summed E-state index contributed by atoms with van der Waals surface area (Å²) in [5, 5.41) is 2.62. The Kier molecular flexibility index (Phi) is 4.03. The first kappa shape index (κ1) is 11.9. The van der Waals surface area contributed by atoms with Crippen LogP contribution < -0.4 is 5.32 Å². The highest BCUT2D eigenvalue weighted by atomic mass is 79.9. The number of nitrogens with one attached hydrogen (secondary N) is 1. The van der Waals surface area contributed by atoms with Crippen molar-refractivity contribution in [3.8, 4) is 0 Å². The van der Waals surface area contributed by atoms with E-state index >= 15 is 0 Å². The monoisotopic (exact) mass is 271 g/mol. The minimum atomic E-state index is -0.446. The van der Waals surface area contributed by atoms with E-state index in [-0.39, 0.29) is 5.91 Å². The van der Waals surface area contributed by atoms with Crippen LogP contribution in [0.3, 0.4) is 0 Å². The van der Waals surface area contributed by atoms with E-state index in [0.29, 0.717) is 16.6 Å². The van der Waals surface area contributed by atoms with Gasteiger partial charge in [0.05, 0.1) is 4.47 Å². The number of carbonyl (C=O) groups excluding carboxylic acids is 1. The molecule has 0 spiro atoms. The third kappa shape index (κ3) is 3.47. The fourth-order valence-corrected chi connectivity index (χ4v) is 1.22. The summed E-state index contributed by atoms with van der Waals surface area (Å²) in [6.07, 6.45) is 0. The summed E-state index contributed by atoms with van der Waals surface area (Å²) >= 11 is 3.02. The summed E-state index contributed by atoms with van der Waals surface area (Å²) in [6.45, 7) is 5.86. The van der Waals surface area contributed by atoms with Gasteiger partial charge < -0.3 is 5.32 Å². The highest BCUT2D eigenvalue weighted by molar-refractivity contribution is 9.10. The van der Waals surface area contributed by atoms with Gasteiger partial charge in [-0.1, -0.05) is 12.2 Å². The number of halogens is 2. The number of amides is 1. The van der Waals surface area contributed by atoms with E-state index in [9.17, 15) is 9.18 Å². The summed E-state index contributed by atoms with van der Waals surface area (Å²) in [7, 11) is 0. The molecule has 80 valence electrons. The Morgan fingerprint density at radius 2 is 2.27 bits per heavy atom. The third-order valence-electron chi connectivity index (χ3n) is 1.73. The van der Waals surface area contributed by atoms with Crippen LogP contribution in [0.5, 0.6) is 0 Å². The maximum absolute atomic E-state index is 13.1. The van der Waals surface area contributed by atoms with Crippen LogP contribution in [0.4, 0.5) is 4.39 Å². The molecule has 0 aliphatic heterocycles. The predicted octanol–water partition coefficient (Wildman–Crippen LogP) is 2.89. The maximum atomic E-state index is 13.1. The lowest BCUT2D eigenvalue weighted by Gasteiger charge is -2.05. The molecule has 0 fully saturated rings. The molecule has 0 saturated heterocycles. The van der Waals surface area contributed by atoms with Crippen LogP contribution in [0, 0.1) is 5.82 Å². The van der Waals surface area contributed by atoms with E-state index in [0.717, 1.165) is 5.57 Å². The Morgan fingerprint density at radius 3 is 2.80 bits per heavy atom. The Bertz CT molecular complexity index is 404. The summed E-state index contributed by atoms with van der Waals surface area (Å²) < 4.78 is 13.4. The molecule has 0 aromatic heterocycles. The lowest BCUT2D eigenvalue weighted by molar-refractivity contribution is 0.0956. The first-order valence-electron chi connectivity index (χ1n) is 4.38. The van der Waals surface area contributed by atoms with Crippen molar-refractivity contribution >= 4 is 21.8 Å². The molecule has 4 heteroatoms. The van der Waals surface area contributed by atoms with Gasteiger partial charge in [-0.3, -0.25) is 4.79 Å². The number of benzene rings is 1. The van der Waals surface area contributed by atoms with Gasteiger partial charge >= 0.3 is 0 Å². The largest absolute Gasteiger partial charge is 0.348 e. The van der Waals surface area contributed by atoms with Crippen LogP contribution in [0.25, 0.3) is 0 Å². The summed E-state index contributed by atoms with van der Waals surface area (Å²) in [5.41, 5.74) is 1.15. The van der Waals surface area contributed by atoms with Crippen molar-refractivity contribution in [2.45, 2.75) is 6.92 Å². The van der Waals surface area contributed by atoms with E-state index in [2.05, 4.69) is 27.8 Å². The van der Waals surface area contributed by atoms with Crippen LogP contribution >= 0.6 is 15.9 Å². The number of carbonyl (C=O) groups is 1. The molecule has 0 radical (unpaired) electrons. The zero-order valence-corrected chi connectivity index (χ0v) is 9.90. The van der Waals surface area contributed by atoms with Gasteiger partial charge in [-0.2, -0.15) is 0 Å². The average Bonchev–Trinajstić information content (AvgIpc) is 2.18. The molecule has 0 heterocycles. The van der Waals surface area contributed by atoms with E-state index in [1.165, 1.54) is 12.1 Å². The van der Waals surface area contributed by atoms with Gasteiger partial charge in [0, 0.05) is 12.1 Å². The molecule has 0 unspecified atom stereocenters. The fraction of sp³-hybridized carbons (Fsp3) is 0.182. The van der Waals surface area contributed by atoms with Crippen LogP contribution in [0.15, 0.2) is 34.8 Å². The van der Waals surface area contributed by atoms with Gasteiger partial charge in [0.25, 0.3) is 5.91 Å². The lowest BCUT2D eigenvalue weighted by Crippen LogP contribution is -2.24. The minimum absolute atomic E-state index is 0.301. The number of rotatable bonds is 3. The maximum Gasteiger partial charge on any atom is 0.251 e. The van der Waals surface area contributed by atoms with E-state index in [1.54, 1.807) is 6.07 Å². The second kappa shape index (κ2) is 5.07. The minimum Gasteiger partial charge on any atom is -0.348 e. The highest BCUT2D eigenvalue weighted by Crippen LogP contribution is 2.16. The third-order valence-corrected chi connectivity index (χ3v) is 2.38. The Hall–Kier alpha value is -1.16. The molecule has 1 amide bonds. The van der Waals surface area contributed by atoms with E-state index < -0.39 is 5.82 Å². The van der Waals surface area contributed by atoms with Crippen LogP contribution in [0.1, 0.15) is 17.3 Å². The molecule has 1 rings (SSSR count). The van der Waals surface area contributed by atoms with Gasteiger partial charge in [-0.25, -0.2) is 4.39 Å². The zero-order valence-electron chi connectivity index (χ0n) is 8.31. The second-order valence-corrected chi connectivity index (χ2v) is 4.12. The number of hydrogen-bond acceptors (Lipinski definition) is 1. The first-order chi connectivity index (χ1) is 7.00. The fourth-order valence-electron chi connectivity index (χ4n) is 0.971. The van der Waals surface area contributed by atoms with Crippen molar-refractivity contribution in [1.29, 1.82) is 0 Å². The van der Waals surface area contributed by atoms with Crippen molar-refractivity contribution in [2.75, 3.05) is 6.54 Å². The van der Waals surface area contributed by atoms with Gasteiger partial charge in [0.1, 0.15) is 5.82 Å². The molecule has 0 bridgehead atoms.